The fourth-order valence-electron chi connectivity index (χ4n) is 1.42. The van der Waals surface area contributed by atoms with Crippen LogP contribution in [-0.4, -0.2) is 14.2 Å². The molecule has 1 rings (SSSR count). The monoisotopic (exact) mass is 204 g/mol. The molecule has 1 atom stereocenters. The van der Waals surface area contributed by atoms with Gasteiger partial charge in [0.05, 0.1) is 14.2 Å². The van der Waals surface area contributed by atoms with E-state index >= 15 is 0 Å². The number of hydrogen-bond acceptors (Lipinski definition) is 2. The first-order valence-corrected chi connectivity index (χ1v) is 4.88. The van der Waals surface area contributed by atoms with Gasteiger partial charge in [-0.25, -0.2) is 0 Å². The summed E-state index contributed by atoms with van der Waals surface area (Å²) in [4.78, 5) is 0. The van der Waals surface area contributed by atoms with E-state index in [1.165, 1.54) is 0 Å². The molecule has 1 aromatic rings. The molecule has 1 aromatic carbocycles. The van der Waals surface area contributed by atoms with Crippen LogP contribution in [0.15, 0.2) is 18.2 Å². The Morgan fingerprint density at radius 3 is 2.47 bits per heavy atom. The van der Waals surface area contributed by atoms with Crippen LogP contribution < -0.4 is 9.47 Å². The van der Waals surface area contributed by atoms with Crippen molar-refractivity contribution in [3.63, 3.8) is 0 Å². The molecular formula is C13H16O2. The number of hydrogen-bond donors (Lipinski definition) is 0. The minimum absolute atomic E-state index is 0.239. The number of rotatable bonds is 4. The van der Waals surface area contributed by atoms with Gasteiger partial charge < -0.3 is 9.47 Å². The smallest absolute Gasteiger partial charge is 0.160 e. The van der Waals surface area contributed by atoms with E-state index < -0.39 is 0 Å². The molecule has 0 saturated carbocycles. The minimum Gasteiger partial charge on any atom is -0.493 e. The second kappa shape index (κ2) is 5.31. The van der Waals surface area contributed by atoms with Crippen molar-refractivity contribution < 1.29 is 9.47 Å². The molecule has 0 radical (unpaired) electrons. The zero-order valence-corrected chi connectivity index (χ0v) is 9.41. The summed E-state index contributed by atoms with van der Waals surface area (Å²) in [7, 11) is 3.26. The summed E-state index contributed by atoms with van der Waals surface area (Å²) in [5, 5.41) is 0. The highest BCUT2D eigenvalue weighted by molar-refractivity contribution is 5.43. The largest absolute Gasteiger partial charge is 0.493 e. The highest BCUT2D eigenvalue weighted by Gasteiger charge is 2.06. The van der Waals surface area contributed by atoms with Crippen molar-refractivity contribution >= 4 is 0 Å². The quantitative estimate of drug-likeness (QED) is 0.702. The van der Waals surface area contributed by atoms with Crippen LogP contribution in [0.2, 0.25) is 0 Å². The average molecular weight is 204 g/mol. The van der Waals surface area contributed by atoms with E-state index in [-0.39, 0.29) is 5.92 Å². The zero-order chi connectivity index (χ0) is 11.3. The Morgan fingerprint density at radius 2 is 1.93 bits per heavy atom. The standard InChI is InChI=1S/C13H16O2/c1-5-10(2)8-11-6-7-12(14-3)13(9-11)15-4/h1,6-7,9-10H,8H2,2-4H3. The second-order valence-electron chi connectivity index (χ2n) is 3.46. The number of benzene rings is 1. The number of terminal acetylenes is 1. The lowest BCUT2D eigenvalue weighted by Gasteiger charge is -2.10. The molecule has 0 spiro atoms. The maximum Gasteiger partial charge on any atom is 0.160 e. The topological polar surface area (TPSA) is 18.5 Å². The Morgan fingerprint density at radius 1 is 1.27 bits per heavy atom. The molecule has 0 heterocycles. The fraction of sp³-hybridized carbons (Fsp3) is 0.385. The van der Waals surface area contributed by atoms with Crippen LogP contribution in [0.4, 0.5) is 0 Å². The van der Waals surface area contributed by atoms with Gasteiger partial charge in [0, 0.05) is 5.92 Å². The van der Waals surface area contributed by atoms with E-state index in [0.29, 0.717) is 0 Å². The molecule has 15 heavy (non-hydrogen) atoms. The predicted molar refractivity (Wildman–Crippen MR) is 61.2 cm³/mol. The second-order valence-corrected chi connectivity index (χ2v) is 3.46. The molecule has 0 fully saturated rings. The van der Waals surface area contributed by atoms with E-state index in [4.69, 9.17) is 15.9 Å². The third-order valence-electron chi connectivity index (χ3n) is 2.27. The van der Waals surface area contributed by atoms with E-state index in [1.54, 1.807) is 14.2 Å². The van der Waals surface area contributed by atoms with Gasteiger partial charge in [-0.05, 0) is 24.1 Å². The van der Waals surface area contributed by atoms with Crippen molar-refractivity contribution in [3.8, 4) is 23.8 Å². The molecule has 0 aromatic heterocycles. The zero-order valence-electron chi connectivity index (χ0n) is 9.41. The van der Waals surface area contributed by atoms with Crippen LogP contribution in [0.5, 0.6) is 11.5 Å². The molecule has 0 aliphatic heterocycles. The highest BCUT2D eigenvalue weighted by Crippen LogP contribution is 2.28. The van der Waals surface area contributed by atoms with E-state index in [0.717, 1.165) is 23.5 Å². The van der Waals surface area contributed by atoms with Gasteiger partial charge in [0.25, 0.3) is 0 Å². The van der Waals surface area contributed by atoms with Gasteiger partial charge in [0.15, 0.2) is 11.5 Å². The summed E-state index contributed by atoms with van der Waals surface area (Å²) in [5.74, 6) is 4.44. The number of methoxy groups -OCH3 is 2. The van der Waals surface area contributed by atoms with Gasteiger partial charge >= 0.3 is 0 Å². The molecule has 0 N–H and O–H groups in total. The molecule has 0 amide bonds. The van der Waals surface area contributed by atoms with Gasteiger partial charge in [-0.2, -0.15) is 0 Å². The molecule has 0 aliphatic rings. The Kier molecular flexibility index (Phi) is 4.05. The molecule has 0 bridgehead atoms. The summed E-state index contributed by atoms with van der Waals surface area (Å²) in [6, 6.07) is 5.87. The van der Waals surface area contributed by atoms with Crippen molar-refractivity contribution in [2.75, 3.05) is 14.2 Å². The van der Waals surface area contributed by atoms with Gasteiger partial charge in [-0.1, -0.05) is 13.0 Å². The van der Waals surface area contributed by atoms with Gasteiger partial charge in [0.1, 0.15) is 0 Å². The van der Waals surface area contributed by atoms with Gasteiger partial charge in [-0.15, -0.1) is 12.3 Å². The van der Waals surface area contributed by atoms with Crippen LogP contribution >= 0.6 is 0 Å². The SMILES string of the molecule is C#CC(C)Cc1ccc(OC)c(OC)c1. The maximum atomic E-state index is 5.34. The summed E-state index contributed by atoms with van der Waals surface area (Å²) >= 11 is 0. The van der Waals surface area contributed by atoms with Gasteiger partial charge in [-0.3, -0.25) is 0 Å². The van der Waals surface area contributed by atoms with E-state index in [2.05, 4.69) is 5.92 Å². The van der Waals surface area contributed by atoms with Crippen LogP contribution in [-0.2, 0) is 6.42 Å². The summed E-state index contributed by atoms with van der Waals surface area (Å²) in [6.07, 6.45) is 6.20. The Bertz CT molecular complexity index is 363. The Labute approximate surface area is 91.2 Å². The first kappa shape index (κ1) is 11.5. The van der Waals surface area contributed by atoms with Crippen molar-refractivity contribution in [2.24, 2.45) is 5.92 Å². The van der Waals surface area contributed by atoms with Crippen LogP contribution in [0, 0.1) is 18.3 Å². The van der Waals surface area contributed by atoms with E-state index in [9.17, 15) is 0 Å². The Balaban J connectivity index is 2.89. The molecule has 0 aliphatic carbocycles. The summed E-state index contributed by atoms with van der Waals surface area (Å²) in [5.41, 5.74) is 1.16. The summed E-state index contributed by atoms with van der Waals surface area (Å²) in [6.45, 7) is 2.02. The first-order chi connectivity index (χ1) is 7.21. The van der Waals surface area contributed by atoms with Crippen molar-refractivity contribution in [2.45, 2.75) is 13.3 Å². The van der Waals surface area contributed by atoms with Crippen LogP contribution in [0.25, 0.3) is 0 Å². The third kappa shape index (κ3) is 2.92. The fourth-order valence-corrected chi connectivity index (χ4v) is 1.42. The minimum atomic E-state index is 0.239. The average Bonchev–Trinajstić information content (AvgIpc) is 2.28. The number of ether oxygens (including phenoxy) is 2. The highest BCUT2D eigenvalue weighted by atomic mass is 16.5. The molecule has 2 heteroatoms. The molecular weight excluding hydrogens is 188 g/mol. The van der Waals surface area contributed by atoms with Crippen molar-refractivity contribution in [3.05, 3.63) is 23.8 Å². The maximum absolute atomic E-state index is 5.34. The molecule has 80 valence electrons. The van der Waals surface area contributed by atoms with Crippen molar-refractivity contribution in [1.29, 1.82) is 0 Å². The predicted octanol–water partition coefficient (Wildman–Crippen LogP) is 2.52. The lowest BCUT2D eigenvalue weighted by Crippen LogP contribution is -1.98. The van der Waals surface area contributed by atoms with Crippen LogP contribution in [0.3, 0.4) is 0 Å². The molecule has 2 nitrogen and oxygen atoms in total. The third-order valence-corrected chi connectivity index (χ3v) is 2.27. The normalized spacial score (nSPS) is 11.6. The van der Waals surface area contributed by atoms with Crippen LogP contribution in [0.1, 0.15) is 12.5 Å². The lowest BCUT2D eigenvalue weighted by molar-refractivity contribution is 0.354. The van der Waals surface area contributed by atoms with Gasteiger partial charge in [0.2, 0.25) is 0 Å². The summed E-state index contributed by atoms with van der Waals surface area (Å²) < 4.78 is 10.4. The first-order valence-electron chi connectivity index (χ1n) is 4.88. The van der Waals surface area contributed by atoms with E-state index in [1.807, 2.05) is 25.1 Å². The van der Waals surface area contributed by atoms with Crippen molar-refractivity contribution in [1.82, 2.24) is 0 Å². The lowest BCUT2D eigenvalue weighted by atomic mass is 10.0. The molecule has 0 saturated heterocycles. The molecule has 1 unspecified atom stereocenters. The Hall–Kier alpha value is -1.62.